The van der Waals surface area contributed by atoms with Gasteiger partial charge in [0.15, 0.2) is 6.61 Å². The molecule has 2 N–H and O–H groups in total. The lowest BCUT2D eigenvalue weighted by Crippen LogP contribution is -2.41. The minimum absolute atomic E-state index is 0. The Morgan fingerprint density at radius 2 is 2.08 bits per heavy atom. The van der Waals surface area contributed by atoms with E-state index < -0.39 is 0 Å². The quantitative estimate of drug-likeness (QED) is 0.756. The molecule has 0 radical (unpaired) electrons. The van der Waals surface area contributed by atoms with Crippen LogP contribution < -0.4 is 15.4 Å². The molecule has 146 valence electrons. The van der Waals surface area contributed by atoms with Crippen molar-refractivity contribution in [3.05, 3.63) is 29.8 Å². The summed E-state index contributed by atoms with van der Waals surface area (Å²) in [5.74, 6) is 0.649. The van der Waals surface area contributed by atoms with Crippen molar-refractivity contribution in [2.45, 2.75) is 32.2 Å². The van der Waals surface area contributed by atoms with Crippen molar-refractivity contribution < 1.29 is 14.3 Å². The zero-order valence-electron chi connectivity index (χ0n) is 15.8. The molecule has 1 saturated heterocycles. The van der Waals surface area contributed by atoms with Crippen molar-refractivity contribution in [3.8, 4) is 5.75 Å². The number of rotatable bonds is 7. The van der Waals surface area contributed by atoms with Gasteiger partial charge in [0.1, 0.15) is 5.75 Å². The number of carbonyl (C=O) groups excluding carboxylic acids is 2. The molecule has 7 heteroatoms. The molecule has 26 heavy (non-hydrogen) atoms. The second-order valence-electron chi connectivity index (χ2n) is 6.63. The maximum absolute atomic E-state index is 12.6. The number of piperidine rings is 1. The second-order valence-corrected chi connectivity index (χ2v) is 6.63. The molecule has 0 aliphatic carbocycles. The lowest BCUT2D eigenvalue weighted by Gasteiger charge is -2.26. The SMILES string of the molecule is CCC(NC(=O)C1CCCNC1)c1ccccc1OCC(=O)N(C)C.Cl. The van der Waals surface area contributed by atoms with Crippen molar-refractivity contribution in [3.63, 3.8) is 0 Å². The molecule has 1 fully saturated rings. The standard InChI is InChI=1S/C19H29N3O3.ClH/c1-4-16(21-19(24)14-8-7-11-20-12-14)15-9-5-6-10-17(15)25-13-18(23)22(2)3;/h5-6,9-10,14,16,20H,4,7-8,11-13H2,1-3H3,(H,21,24);1H. The van der Waals surface area contributed by atoms with Crippen LogP contribution in [0.3, 0.4) is 0 Å². The number of halogens is 1. The number of nitrogens with zero attached hydrogens (tertiary/aromatic N) is 1. The van der Waals surface area contributed by atoms with Gasteiger partial charge in [-0.2, -0.15) is 0 Å². The summed E-state index contributed by atoms with van der Waals surface area (Å²) >= 11 is 0. The molecule has 0 spiro atoms. The van der Waals surface area contributed by atoms with Crippen LogP contribution in [-0.4, -0.2) is 50.5 Å². The highest BCUT2D eigenvalue weighted by atomic mass is 35.5. The van der Waals surface area contributed by atoms with Gasteiger partial charge < -0.3 is 20.3 Å². The third-order valence-corrected chi connectivity index (χ3v) is 4.54. The van der Waals surface area contributed by atoms with E-state index in [-0.39, 0.29) is 42.8 Å². The largest absolute Gasteiger partial charge is 0.483 e. The monoisotopic (exact) mass is 383 g/mol. The number of hydrogen-bond acceptors (Lipinski definition) is 4. The third kappa shape index (κ3) is 6.18. The van der Waals surface area contributed by atoms with Crippen LogP contribution in [0.5, 0.6) is 5.75 Å². The highest BCUT2D eigenvalue weighted by Gasteiger charge is 2.24. The van der Waals surface area contributed by atoms with E-state index in [2.05, 4.69) is 10.6 Å². The van der Waals surface area contributed by atoms with Crippen LogP contribution in [0, 0.1) is 5.92 Å². The lowest BCUT2D eigenvalue weighted by atomic mass is 9.97. The van der Waals surface area contributed by atoms with Gasteiger partial charge in [0.25, 0.3) is 5.91 Å². The highest BCUT2D eigenvalue weighted by molar-refractivity contribution is 5.85. The van der Waals surface area contributed by atoms with Gasteiger partial charge in [-0.1, -0.05) is 25.1 Å². The average Bonchev–Trinajstić information content (AvgIpc) is 2.64. The molecule has 2 rings (SSSR count). The number of para-hydroxylation sites is 1. The van der Waals surface area contributed by atoms with Crippen molar-refractivity contribution in [1.29, 1.82) is 0 Å². The summed E-state index contributed by atoms with van der Waals surface area (Å²) in [6, 6.07) is 7.46. The fraction of sp³-hybridized carbons (Fsp3) is 0.579. The molecule has 2 amide bonds. The third-order valence-electron chi connectivity index (χ3n) is 4.54. The minimum atomic E-state index is -0.125. The topological polar surface area (TPSA) is 70.7 Å². The lowest BCUT2D eigenvalue weighted by molar-refractivity contribution is -0.131. The summed E-state index contributed by atoms with van der Waals surface area (Å²) in [5, 5.41) is 6.42. The predicted octanol–water partition coefficient (Wildman–Crippen LogP) is 2.14. The smallest absolute Gasteiger partial charge is 0.259 e. The predicted molar refractivity (Wildman–Crippen MR) is 105 cm³/mol. The van der Waals surface area contributed by atoms with E-state index in [1.165, 1.54) is 4.90 Å². The first-order chi connectivity index (χ1) is 12.0. The fourth-order valence-corrected chi connectivity index (χ4v) is 2.93. The molecule has 1 aliphatic rings. The Labute approximate surface area is 162 Å². The molecule has 0 aromatic heterocycles. The summed E-state index contributed by atoms with van der Waals surface area (Å²) in [5.41, 5.74) is 0.911. The normalized spacial score (nSPS) is 17.6. The van der Waals surface area contributed by atoms with E-state index in [0.29, 0.717) is 5.75 Å². The minimum Gasteiger partial charge on any atom is -0.483 e. The van der Waals surface area contributed by atoms with Crippen molar-refractivity contribution >= 4 is 24.2 Å². The van der Waals surface area contributed by atoms with E-state index in [9.17, 15) is 9.59 Å². The fourth-order valence-electron chi connectivity index (χ4n) is 2.93. The first-order valence-corrected chi connectivity index (χ1v) is 8.95. The maximum Gasteiger partial charge on any atom is 0.259 e. The first-order valence-electron chi connectivity index (χ1n) is 8.95. The summed E-state index contributed by atoms with van der Waals surface area (Å²) in [6.45, 7) is 3.74. The van der Waals surface area contributed by atoms with E-state index in [1.54, 1.807) is 14.1 Å². The first kappa shape index (κ1) is 22.3. The van der Waals surface area contributed by atoms with Crippen LogP contribution in [0.15, 0.2) is 24.3 Å². The van der Waals surface area contributed by atoms with Crippen LogP contribution in [0.2, 0.25) is 0 Å². The summed E-state index contributed by atoms with van der Waals surface area (Å²) in [7, 11) is 3.40. The second kappa shape index (κ2) is 11.0. The number of benzene rings is 1. The Morgan fingerprint density at radius 1 is 1.35 bits per heavy atom. The van der Waals surface area contributed by atoms with Crippen LogP contribution in [0.25, 0.3) is 0 Å². The van der Waals surface area contributed by atoms with Gasteiger partial charge >= 0.3 is 0 Å². The summed E-state index contributed by atoms with van der Waals surface area (Å²) in [6.07, 6.45) is 2.71. The Morgan fingerprint density at radius 3 is 2.69 bits per heavy atom. The number of ether oxygens (including phenoxy) is 1. The number of nitrogens with one attached hydrogen (secondary N) is 2. The zero-order chi connectivity index (χ0) is 18.2. The molecule has 6 nitrogen and oxygen atoms in total. The molecule has 0 bridgehead atoms. The molecule has 1 heterocycles. The van der Waals surface area contributed by atoms with Crippen LogP contribution in [0.1, 0.15) is 37.8 Å². The Kier molecular flexibility index (Phi) is 9.44. The average molecular weight is 384 g/mol. The Hall–Kier alpha value is -1.79. The molecule has 2 atom stereocenters. The molecular formula is C19H30ClN3O3. The Balaban J connectivity index is 0.00000338. The van der Waals surface area contributed by atoms with E-state index in [4.69, 9.17) is 4.74 Å². The number of amides is 2. The van der Waals surface area contributed by atoms with Crippen molar-refractivity contribution in [2.75, 3.05) is 33.8 Å². The molecule has 2 unspecified atom stereocenters. The van der Waals surface area contributed by atoms with Gasteiger partial charge in [-0.3, -0.25) is 9.59 Å². The molecule has 0 saturated carbocycles. The van der Waals surface area contributed by atoms with Crippen molar-refractivity contribution in [2.24, 2.45) is 5.92 Å². The molecule has 1 aromatic carbocycles. The number of hydrogen-bond donors (Lipinski definition) is 2. The van der Waals surface area contributed by atoms with Crippen molar-refractivity contribution in [1.82, 2.24) is 15.5 Å². The van der Waals surface area contributed by atoms with E-state index in [1.807, 2.05) is 31.2 Å². The van der Waals surface area contributed by atoms with Crippen LogP contribution in [0.4, 0.5) is 0 Å². The van der Waals surface area contributed by atoms with Gasteiger partial charge in [-0.05, 0) is 31.9 Å². The molecule has 1 aliphatic heterocycles. The van der Waals surface area contributed by atoms with Gasteiger partial charge in [-0.25, -0.2) is 0 Å². The van der Waals surface area contributed by atoms with E-state index in [0.717, 1.165) is 37.9 Å². The number of likely N-dealkylation sites (N-methyl/N-ethyl adjacent to an activating group) is 1. The highest BCUT2D eigenvalue weighted by Crippen LogP contribution is 2.28. The van der Waals surface area contributed by atoms with Gasteiger partial charge in [0.05, 0.1) is 12.0 Å². The Bertz CT molecular complexity index is 589. The molecular weight excluding hydrogens is 354 g/mol. The van der Waals surface area contributed by atoms with Crippen LogP contribution in [-0.2, 0) is 9.59 Å². The zero-order valence-corrected chi connectivity index (χ0v) is 16.6. The summed E-state index contributed by atoms with van der Waals surface area (Å²) < 4.78 is 5.72. The van der Waals surface area contributed by atoms with E-state index >= 15 is 0 Å². The van der Waals surface area contributed by atoms with Gasteiger partial charge in [0, 0.05) is 26.2 Å². The summed E-state index contributed by atoms with van der Waals surface area (Å²) in [4.78, 5) is 25.8. The van der Waals surface area contributed by atoms with Gasteiger partial charge in [-0.15, -0.1) is 12.4 Å². The maximum atomic E-state index is 12.6. The van der Waals surface area contributed by atoms with Crippen LogP contribution >= 0.6 is 12.4 Å². The van der Waals surface area contributed by atoms with Gasteiger partial charge in [0.2, 0.25) is 5.91 Å². The number of carbonyl (C=O) groups is 2. The molecule has 1 aromatic rings.